The minimum absolute atomic E-state index is 0.00732. The first kappa shape index (κ1) is 13.0. The highest BCUT2D eigenvalue weighted by Crippen LogP contribution is 2.18. The van der Waals surface area contributed by atoms with Crippen LogP contribution in [0.5, 0.6) is 0 Å². The molecule has 2 aromatic heterocycles. The zero-order valence-corrected chi connectivity index (χ0v) is 11.3. The van der Waals surface area contributed by atoms with E-state index < -0.39 is 10.0 Å². The van der Waals surface area contributed by atoms with Gasteiger partial charge in [-0.15, -0.1) is 11.3 Å². The number of nitrogens with two attached hydrogens (primary N) is 1. The van der Waals surface area contributed by atoms with E-state index in [9.17, 15) is 8.42 Å². The highest BCUT2D eigenvalue weighted by atomic mass is 32.2. The molecule has 0 saturated heterocycles. The number of anilines is 1. The van der Waals surface area contributed by atoms with Crippen LogP contribution in [0.4, 0.5) is 5.82 Å². The zero-order valence-electron chi connectivity index (χ0n) is 9.62. The van der Waals surface area contributed by atoms with E-state index in [-0.39, 0.29) is 23.2 Å². The summed E-state index contributed by atoms with van der Waals surface area (Å²) in [5.41, 5.74) is 5.48. The van der Waals surface area contributed by atoms with Gasteiger partial charge in [0.2, 0.25) is 10.0 Å². The summed E-state index contributed by atoms with van der Waals surface area (Å²) in [5, 5.41) is 8.72. The molecule has 1 unspecified atom stereocenters. The molecule has 7 nitrogen and oxygen atoms in total. The third-order valence-electron chi connectivity index (χ3n) is 2.37. The number of aromatic nitrogens is 3. The van der Waals surface area contributed by atoms with Crippen molar-refractivity contribution in [2.45, 2.75) is 17.7 Å². The number of nitrogen functional groups attached to an aromatic ring is 1. The van der Waals surface area contributed by atoms with Crippen LogP contribution in [0.2, 0.25) is 0 Å². The summed E-state index contributed by atoms with van der Waals surface area (Å²) in [6, 6.07) is 0. The van der Waals surface area contributed by atoms with Crippen LogP contribution in [0.25, 0.3) is 0 Å². The molecule has 0 spiro atoms. The van der Waals surface area contributed by atoms with Crippen LogP contribution >= 0.6 is 11.3 Å². The predicted molar refractivity (Wildman–Crippen MR) is 68.7 cm³/mol. The second-order valence-corrected chi connectivity index (χ2v) is 6.43. The first-order chi connectivity index (χ1) is 8.50. The number of aromatic amines is 1. The largest absolute Gasteiger partial charge is 0.383 e. The summed E-state index contributed by atoms with van der Waals surface area (Å²) in [6.07, 6.45) is 2.88. The average molecular weight is 287 g/mol. The van der Waals surface area contributed by atoms with Gasteiger partial charge in [-0.05, 0) is 0 Å². The maximum atomic E-state index is 11.9. The van der Waals surface area contributed by atoms with Crippen molar-refractivity contribution in [3.63, 3.8) is 0 Å². The van der Waals surface area contributed by atoms with Crippen LogP contribution in [-0.2, 0) is 10.0 Å². The Morgan fingerprint density at radius 3 is 2.94 bits per heavy atom. The second-order valence-electron chi connectivity index (χ2n) is 3.77. The molecule has 9 heteroatoms. The van der Waals surface area contributed by atoms with Crippen molar-refractivity contribution in [3.05, 3.63) is 22.8 Å². The molecule has 0 amide bonds. The van der Waals surface area contributed by atoms with Gasteiger partial charge in [-0.25, -0.2) is 18.1 Å². The Bertz CT molecular complexity index is 605. The predicted octanol–water partition coefficient (Wildman–Crippen LogP) is 0.530. The molecule has 0 bridgehead atoms. The summed E-state index contributed by atoms with van der Waals surface area (Å²) in [7, 11) is -3.63. The number of thiazole rings is 1. The van der Waals surface area contributed by atoms with E-state index in [0.29, 0.717) is 0 Å². The SMILES string of the molecule is CC(CNS(=O)(=O)c1cn[nH]c1N)c1nccs1. The lowest BCUT2D eigenvalue weighted by atomic mass is 10.2. The molecule has 2 aromatic rings. The van der Waals surface area contributed by atoms with E-state index in [1.807, 2.05) is 12.3 Å². The quantitative estimate of drug-likeness (QED) is 0.742. The first-order valence-electron chi connectivity index (χ1n) is 5.18. The van der Waals surface area contributed by atoms with E-state index >= 15 is 0 Å². The summed E-state index contributed by atoms with van der Waals surface area (Å²) >= 11 is 1.49. The Morgan fingerprint density at radius 2 is 2.39 bits per heavy atom. The Kier molecular flexibility index (Phi) is 3.64. The second kappa shape index (κ2) is 5.04. The molecule has 98 valence electrons. The van der Waals surface area contributed by atoms with Crippen LogP contribution < -0.4 is 10.5 Å². The summed E-state index contributed by atoms with van der Waals surface area (Å²) in [5.74, 6) is 0.0392. The lowest BCUT2D eigenvalue weighted by Gasteiger charge is -2.10. The molecule has 0 radical (unpaired) electrons. The van der Waals surface area contributed by atoms with Crippen LogP contribution in [-0.4, -0.2) is 30.1 Å². The Hall–Kier alpha value is -1.45. The molecule has 2 rings (SSSR count). The van der Waals surface area contributed by atoms with Crippen molar-refractivity contribution in [3.8, 4) is 0 Å². The van der Waals surface area contributed by atoms with Crippen molar-refractivity contribution in [2.24, 2.45) is 0 Å². The van der Waals surface area contributed by atoms with Crippen LogP contribution in [0.3, 0.4) is 0 Å². The maximum absolute atomic E-state index is 11.9. The van der Waals surface area contributed by atoms with Gasteiger partial charge in [0, 0.05) is 24.0 Å². The molecular formula is C9H13N5O2S2. The van der Waals surface area contributed by atoms with Crippen molar-refractivity contribution in [1.29, 1.82) is 0 Å². The van der Waals surface area contributed by atoms with Gasteiger partial charge in [0.1, 0.15) is 10.7 Å². The summed E-state index contributed by atoms with van der Waals surface area (Å²) in [4.78, 5) is 4.10. The van der Waals surface area contributed by atoms with E-state index in [1.165, 1.54) is 17.5 Å². The molecule has 2 heterocycles. The molecule has 4 N–H and O–H groups in total. The van der Waals surface area contributed by atoms with E-state index in [2.05, 4.69) is 19.9 Å². The molecule has 0 aromatic carbocycles. The van der Waals surface area contributed by atoms with Crippen molar-refractivity contribution in [2.75, 3.05) is 12.3 Å². The van der Waals surface area contributed by atoms with Gasteiger partial charge in [0.05, 0.1) is 11.2 Å². The first-order valence-corrected chi connectivity index (χ1v) is 7.55. The van der Waals surface area contributed by atoms with Gasteiger partial charge in [-0.3, -0.25) is 5.10 Å². The molecule has 0 aliphatic heterocycles. The lowest BCUT2D eigenvalue weighted by molar-refractivity contribution is 0.575. The molecule has 0 aliphatic rings. The topological polar surface area (TPSA) is 114 Å². The van der Waals surface area contributed by atoms with Crippen molar-refractivity contribution in [1.82, 2.24) is 19.9 Å². The number of nitrogens with one attached hydrogen (secondary N) is 2. The molecular weight excluding hydrogens is 274 g/mol. The fraction of sp³-hybridized carbons (Fsp3) is 0.333. The van der Waals surface area contributed by atoms with Gasteiger partial charge in [-0.2, -0.15) is 5.10 Å². The minimum Gasteiger partial charge on any atom is -0.383 e. The monoisotopic (exact) mass is 287 g/mol. The Balaban J connectivity index is 2.04. The molecule has 0 fully saturated rings. The van der Waals surface area contributed by atoms with E-state index in [0.717, 1.165) is 5.01 Å². The summed E-state index contributed by atoms with van der Waals surface area (Å²) < 4.78 is 26.3. The third-order valence-corrected chi connectivity index (χ3v) is 4.83. The lowest BCUT2D eigenvalue weighted by Crippen LogP contribution is -2.28. The van der Waals surface area contributed by atoms with E-state index in [4.69, 9.17) is 5.73 Å². The molecule has 0 aliphatic carbocycles. The highest BCUT2D eigenvalue weighted by molar-refractivity contribution is 7.89. The Morgan fingerprint density at radius 1 is 1.61 bits per heavy atom. The average Bonchev–Trinajstić information content (AvgIpc) is 2.96. The van der Waals surface area contributed by atoms with Gasteiger partial charge in [0.25, 0.3) is 0 Å². The van der Waals surface area contributed by atoms with E-state index in [1.54, 1.807) is 6.20 Å². The van der Waals surface area contributed by atoms with Gasteiger partial charge >= 0.3 is 0 Å². The molecule has 0 saturated carbocycles. The minimum atomic E-state index is -3.63. The fourth-order valence-corrected chi connectivity index (χ4v) is 3.23. The zero-order chi connectivity index (χ0) is 13.2. The number of hydrogen-bond acceptors (Lipinski definition) is 6. The highest BCUT2D eigenvalue weighted by Gasteiger charge is 2.20. The number of rotatable bonds is 5. The van der Waals surface area contributed by atoms with Crippen molar-refractivity contribution < 1.29 is 8.42 Å². The molecule has 1 atom stereocenters. The number of nitrogens with zero attached hydrogens (tertiary/aromatic N) is 2. The van der Waals surface area contributed by atoms with Gasteiger partial charge < -0.3 is 5.73 Å². The van der Waals surface area contributed by atoms with Crippen LogP contribution in [0.1, 0.15) is 17.8 Å². The van der Waals surface area contributed by atoms with Crippen molar-refractivity contribution >= 4 is 27.2 Å². The number of H-pyrrole nitrogens is 1. The Labute approximate surface area is 108 Å². The van der Waals surface area contributed by atoms with Gasteiger partial charge in [-0.1, -0.05) is 6.92 Å². The standard InChI is InChI=1S/C9H13N5O2S2/c1-6(9-11-2-3-17-9)4-13-18(15,16)7-5-12-14-8(7)10/h2-3,5-6,13H,4H2,1H3,(H3,10,12,14). The molecule has 18 heavy (non-hydrogen) atoms. The normalized spacial score (nSPS) is 13.6. The number of hydrogen-bond donors (Lipinski definition) is 3. The number of sulfonamides is 1. The third kappa shape index (κ3) is 2.68. The van der Waals surface area contributed by atoms with Gasteiger partial charge in [0.15, 0.2) is 0 Å². The smallest absolute Gasteiger partial charge is 0.245 e. The van der Waals surface area contributed by atoms with Crippen LogP contribution in [0, 0.1) is 0 Å². The summed E-state index contributed by atoms with van der Waals surface area (Å²) in [6.45, 7) is 2.17. The fourth-order valence-electron chi connectivity index (χ4n) is 1.38. The maximum Gasteiger partial charge on any atom is 0.245 e. The van der Waals surface area contributed by atoms with Crippen LogP contribution in [0.15, 0.2) is 22.7 Å².